The first kappa shape index (κ1) is 13.1. The molecule has 2 aliphatic rings. The molecule has 0 amide bonds. The monoisotopic (exact) mass is 260 g/mol. The van der Waals surface area contributed by atoms with Crippen LogP contribution in [0.2, 0.25) is 0 Å². The number of benzene rings is 1. The summed E-state index contributed by atoms with van der Waals surface area (Å²) in [6, 6.07) is 11.4. The van der Waals surface area contributed by atoms with E-state index in [0.717, 1.165) is 25.7 Å². The van der Waals surface area contributed by atoms with Crippen molar-refractivity contribution in [3.8, 4) is 0 Å². The number of likely N-dealkylation sites (tertiary alicyclic amines) is 1. The Kier molecular flexibility index (Phi) is 4.16. The highest BCUT2D eigenvalue weighted by atomic mass is 16.5. The molecule has 104 valence electrons. The van der Waals surface area contributed by atoms with E-state index in [1.165, 1.54) is 31.5 Å². The van der Waals surface area contributed by atoms with Crippen LogP contribution in [0.15, 0.2) is 30.3 Å². The van der Waals surface area contributed by atoms with Crippen LogP contribution in [-0.2, 0) is 4.74 Å². The van der Waals surface area contributed by atoms with Crippen LogP contribution in [0.3, 0.4) is 0 Å². The molecule has 19 heavy (non-hydrogen) atoms. The molecule has 2 saturated heterocycles. The molecule has 2 fully saturated rings. The predicted molar refractivity (Wildman–Crippen MR) is 77.2 cm³/mol. The Morgan fingerprint density at radius 3 is 2.53 bits per heavy atom. The van der Waals surface area contributed by atoms with E-state index in [2.05, 4.69) is 47.2 Å². The van der Waals surface area contributed by atoms with E-state index in [9.17, 15) is 0 Å². The number of morpholine rings is 1. The summed E-state index contributed by atoms with van der Waals surface area (Å²) in [4.78, 5) is 5.08. The van der Waals surface area contributed by atoms with Crippen LogP contribution >= 0.6 is 0 Å². The second-order valence-electron chi connectivity index (χ2n) is 5.80. The zero-order valence-corrected chi connectivity index (χ0v) is 11.8. The molecule has 1 aromatic rings. The van der Waals surface area contributed by atoms with Gasteiger partial charge in [0.25, 0.3) is 0 Å². The summed E-state index contributed by atoms with van der Waals surface area (Å²) < 4.78 is 5.95. The van der Waals surface area contributed by atoms with Gasteiger partial charge >= 0.3 is 0 Å². The van der Waals surface area contributed by atoms with Crippen LogP contribution in [0, 0.1) is 0 Å². The molecule has 0 N–H and O–H groups in total. The molecule has 0 radical (unpaired) electrons. The van der Waals surface area contributed by atoms with Gasteiger partial charge in [-0.3, -0.25) is 4.90 Å². The molecule has 3 rings (SSSR count). The van der Waals surface area contributed by atoms with Gasteiger partial charge in [0.2, 0.25) is 0 Å². The average Bonchev–Trinajstić information content (AvgIpc) is 2.49. The zero-order valence-electron chi connectivity index (χ0n) is 11.8. The van der Waals surface area contributed by atoms with Crippen LogP contribution in [0.25, 0.3) is 0 Å². The Labute approximate surface area is 116 Å². The standard InChI is InChI=1S/C16H24N2O/c1-17-9-7-15(8-10-17)18-11-12-19-16(13-18)14-5-3-2-4-6-14/h2-6,15-16H,7-13H2,1H3. The van der Waals surface area contributed by atoms with Crippen molar-refractivity contribution in [3.05, 3.63) is 35.9 Å². The number of piperidine rings is 1. The van der Waals surface area contributed by atoms with E-state index in [1.807, 2.05) is 0 Å². The van der Waals surface area contributed by atoms with Gasteiger partial charge in [0.05, 0.1) is 12.7 Å². The van der Waals surface area contributed by atoms with E-state index >= 15 is 0 Å². The van der Waals surface area contributed by atoms with Crippen molar-refractivity contribution in [2.24, 2.45) is 0 Å². The molecule has 0 bridgehead atoms. The Morgan fingerprint density at radius 1 is 1.05 bits per heavy atom. The highest BCUT2D eigenvalue weighted by Gasteiger charge is 2.28. The van der Waals surface area contributed by atoms with Gasteiger partial charge in [-0.2, -0.15) is 0 Å². The normalized spacial score (nSPS) is 27.5. The summed E-state index contributed by atoms with van der Waals surface area (Å²) >= 11 is 0. The van der Waals surface area contributed by atoms with Gasteiger partial charge in [0.1, 0.15) is 0 Å². The Balaban J connectivity index is 1.62. The quantitative estimate of drug-likeness (QED) is 0.810. The lowest BCUT2D eigenvalue weighted by Crippen LogP contribution is -2.49. The highest BCUT2D eigenvalue weighted by molar-refractivity contribution is 5.18. The number of rotatable bonds is 2. The minimum Gasteiger partial charge on any atom is -0.371 e. The maximum absolute atomic E-state index is 5.95. The van der Waals surface area contributed by atoms with E-state index in [1.54, 1.807) is 0 Å². The molecule has 1 unspecified atom stereocenters. The van der Waals surface area contributed by atoms with Crippen molar-refractivity contribution in [1.29, 1.82) is 0 Å². The lowest BCUT2D eigenvalue weighted by Gasteiger charge is -2.41. The Hall–Kier alpha value is -0.900. The van der Waals surface area contributed by atoms with Gasteiger partial charge in [-0.1, -0.05) is 30.3 Å². The van der Waals surface area contributed by atoms with Gasteiger partial charge in [-0.05, 0) is 38.5 Å². The number of hydrogen-bond donors (Lipinski definition) is 0. The highest BCUT2D eigenvalue weighted by Crippen LogP contribution is 2.25. The van der Waals surface area contributed by atoms with Crippen LogP contribution < -0.4 is 0 Å². The molecule has 0 spiro atoms. The van der Waals surface area contributed by atoms with Crippen LogP contribution in [0.4, 0.5) is 0 Å². The van der Waals surface area contributed by atoms with Crippen LogP contribution in [-0.4, -0.2) is 55.7 Å². The largest absolute Gasteiger partial charge is 0.371 e. The second-order valence-corrected chi connectivity index (χ2v) is 5.80. The van der Waals surface area contributed by atoms with E-state index in [-0.39, 0.29) is 6.10 Å². The molecule has 3 nitrogen and oxygen atoms in total. The van der Waals surface area contributed by atoms with Crippen molar-refractivity contribution in [1.82, 2.24) is 9.80 Å². The first-order valence-electron chi connectivity index (χ1n) is 7.42. The van der Waals surface area contributed by atoms with Crippen molar-refractivity contribution in [2.45, 2.75) is 25.0 Å². The summed E-state index contributed by atoms with van der Waals surface area (Å²) in [6.45, 7) is 5.48. The lowest BCUT2D eigenvalue weighted by atomic mass is 10.0. The molecule has 0 aliphatic carbocycles. The number of hydrogen-bond acceptors (Lipinski definition) is 3. The molecule has 0 aromatic heterocycles. The van der Waals surface area contributed by atoms with Crippen LogP contribution in [0.1, 0.15) is 24.5 Å². The van der Waals surface area contributed by atoms with Gasteiger partial charge in [0.15, 0.2) is 0 Å². The number of ether oxygens (including phenoxy) is 1. The van der Waals surface area contributed by atoms with Gasteiger partial charge in [0, 0.05) is 19.1 Å². The minimum absolute atomic E-state index is 0.259. The molecule has 1 atom stereocenters. The smallest absolute Gasteiger partial charge is 0.0952 e. The summed E-state index contributed by atoms with van der Waals surface area (Å²) in [5.74, 6) is 0. The fraction of sp³-hybridized carbons (Fsp3) is 0.625. The fourth-order valence-corrected chi connectivity index (χ4v) is 3.23. The topological polar surface area (TPSA) is 15.7 Å². The Morgan fingerprint density at radius 2 is 1.79 bits per heavy atom. The minimum atomic E-state index is 0.259. The van der Waals surface area contributed by atoms with Gasteiger partial charge < -0.3 is 9.64 Å². The molecule has 3 heteroatoms. The van der Waals surface area contributed by atoms with E-state index in [0.29, 0.717) is 0 Å². The van der Waals surface area contributed by atoms with Crippen molar-refractivity contribution >= 4 is 0 Å². The van der Waals surface area contributed by atoms with Crippen molar-refractivity contribution in [2.75, 3.05) is 39.8 Å². The van der Waals surface area contributed by atoms with Gasteiger partial charge in [-0.15, -0.1) is 0 Å². The maximum Gasteiger partial charge on any atom is 0.0952 e. The van der Waals surface area contributed by atoms with Crippen LogP contribution in [0.5, 0.6) is 0 Å². The first-order valence-corrected chi connectivity index (χ1v) is 7.42. The third kappa shape index (κ3) is 3.16. The Bertz CT molecular complexity index is 387. The second kappa shape index (κ2) is 6.04. The summed E-state index contributed by atoms with van der Waals surface area (Å²) in [6.07, 6.45) is 2.87. The molecular formula is C16H24N2O. The predicted octanol–water partition coefficient (Wildman–Crippen LogP) is 2.15. The average molecular weight is 260 g/mol. The molecule has 0 saturated carbocycles. The van der Waals surface area contributed by atoms with Crippen molar-refractivity contribution < 1.29 is 4.74 Å². The number of nitrogens with zero attached hydrogens (tertiary/aromatic N) is 2. The first-order chi connectivity index (χ1) is 9.33. The van der Waals surface area contributed by atoms with Crippen molar-refractivity contribution in [3.63, 3.8) is 0 Å². The molecule has 2 heterocycles. The lowest BCUT2D eigenvalue weighted by molar-refractivity contribution is -0.0526. The molecule has 1 aromatic carbocycles. The zero-order chi connectivity index (χ0) is 13.1. The summed E-state index contributed by atoms with van der Waals surface area (Å²) in [5.41, 5.74) is 1.32. The summed E-state index contributed by atoms with van der Waals surface area (Å²) in [5, 5.41) is 0. The molecular weight excluding hydrogens is 236 g/mol. The van der Waals surface area contributed by atoms with Gasteiger partial charge in [-0.25, -0.2) is 0 Å². The third-order valence-corrected chi connectivity index (χ3v) is 4.47. The SMILES string of the molecule is CN1CCC(N2CCOC(c3ccccc3)C2)CC1. The maximum atomic E-state index is 5.95. The summed E-state index contributed by atoms with van der Waals surface area (Å²) in [7, 11) is 2.22. The third-order valence-electron chi connectivity index (χ3n) is 4.47. The molecule has 2 aliphatic heterocycles. The van der Waals surface area contributed by atoms with E-state index < -0.39 is 0 Å². The van der Waals surface area contributed by atoms with E-state index in [4.69, 9.17) is 4.74 Å². The fourth-order valence-electron chi connectivity index (χ4n) is 3.23.